The van der Waals surface area contributed by atoms with Crippen LogP contribution in [0.4, 0.5) is 0 Å². The third-order valence-electron chi connectivity index (χ3n) is 2.03. The molecule has 4 heteroatoms. The topological polar surface area (TPSA) is 37.1 Å². The molecule has 0 aromatic carbocycles. The number of sulfonamides is 1. The van der Waals surface area contributed by atoms with E-state index in [2.05, 4.69) is 0 Å². The van der Waals surface area contributed by atoms with Crippen LogP contribution < -0.4 is 0 Å². The van der Waals surface area contributed by atoms with E-state index >= 15 is 0 Å². The molecule has 1 aliphatic rings. The smallest absolute Gasteiger partial charge is 0.210 e. The Morgan fingerprint density at radius 3 is 2.42 bits per heavy atom. The molecule has 0 saturated carbocycles. The SMILES string of the molecule is CCCC1N(CC(C)C)S1(=O)=O. The largest absolute Gasteiger partial charge is 0.232 e. The second kappa shape index (κ2) is 3.34. The first kappa shape index (κ1) is 9.99. The Morgan fingerprint density at radius 1 is 1.42 bits per heavy atom. The summed E-state index contributed by atoms with van der Waals surface area (Å²) in [6, 6.07) is 0. The first-order valence-electron chi connectivity index (χ1n) is 4.50. The molecule has 0 spiro atoms. The normalized spacial score (nSPS) is 32.3. The highest BCUT2D eigenvalue weighted by atomic mass is 32.2. The lowest BCUT2D eigenvalue weighted by molar-refractivity contribution is 0.434. The van der Waals surface area contributed by atoms with Crippen LogP contribution in [0.15, 0.2) is 0 Å². The maximum absolute atomic E-state index is 11.3. The standard InChI is InChI=1S/C8H17NO2S/c1-4-5-8-9(6-7(2)3)12(8,10)11/h7-8H,4-6H2,1-3H3. The maximum Gasteiger partial charge on any atom is 0.232 e. The molecule has 0 aliphatic carbocycles. The summed E-state index contributed by atoms with van der Waals surface area (Å²) in [7, 11) is -2.82. The highest BCUT2D eigenvalue weighted by molar-refractivity contribution is 7.95. The van der Waals surface area contributed by atoms with Crippen LogP contribution in [0.3, 0.4) is 0 Å². The molecule has 1 saturated heterocycles. The fourth-order valence-corrected chi connectivity index (χ4v) is 3.42. The van der Waals surface area contributed by atoms with Gasteiger partial charge in [-0.2, -0.15) is 4.31 Å². The van der Waals surface area contributed by atoms with Crippen LogP contribution in [0, 0.1) is 5.92 Å². The molecule has 1 aliphatic heterocycles. The van der Waals surface area contributed by atoms with Gasteiger partial charge >= 0.3 is 0 Å². The van der Waals surface area contributed by atoms with E-state index in [0.29, 0.717) is 12.5 Å². The number of nitrogens with zero attached hydrogens (tertiary/aromatic N) is 1. The molecule has 3 nitrogen and oxygen atoms in total. The summed E-state index contributed by atoms with van der Waals surface area (Å²) in [6.07, 6.45) is 1.73. The van der Waals surface area contributed by atoms with Crippen molar-refractivity contribution in [3.05, 3.63) is 0 Å². The van der Waals surface area contributed by atoms with E-state index in [0.717, 1.165) is 12.8 Å². The van der Waals surface area contributed by atoms with Crippen molar-refractivity contribution in [2.24, 2.45) is 5.92 Å². The van der Waals surface area contributed by atoms with Crippen molar-refractivity contribution in [3.63, 3.8) is 0 Å². The highest BCUT2D eigenvalue weighted by Crippen LogP contribution is 2.34. The molecule has 0 amide bonds. The van der Waals surface area contributed by atoms with Crippen LogP contribution in [-0.2, 0) is 10.0 Å². The summed E-state index contributed by atoms with van der Waals surface area (Å²) in [4.78, 5) is 0. The Kier molecular flexibility index (Phi) is 2.78. The Bertz CT molecular complexity index is 246. The van der Waals surface area contributed by atoms with Crippen LogP contribution in [-0.4, -0.2) is 24.6 Å². The quantitative estimate of drug-likeness (QED) is 0.630. The van der Waals surface area contributed by atoms with Gasteiger partial charge in [-0.1, -0.05) is 27.2 Å². The van der Waals surface area contributed by atoms with Crippen molar-refractivity contribution in [1.82, 2.24) is 4.31 Å². The van der Waals surface area contributed by atoms with Crippen LogP contribution >= 0.6 is 0 Å². The predicted octanol–water partition coefficient (Wildman–Crippen LogP) is 1.41. The van der Waals surface area contributed by atoms with Crippen LogP contribution in [0.5, 0.6) is 0 Å². The van der Waals surface area contributed by atoms with Gasteiger partial charge in [-0.05, 0) is 12.3 Å². The monoisotopic (exact) mass is 191 g/mol. The van der Waals surface area contributed by atoms with Crippen molar-refractivity contribution in [2.45, 2.75) is 39.0 Å². The molecule has 0 bridgehead atoms. The molecular formula is C8H17NO2S. The Hall–Kier alpha value is -0.0900. The van der Waals surface area contributed by atoms with Gasteiger partial charge in [-0.25, -0.2) is 8.42 Å². The van der Waals surface area contributed by atoms with Gasteiger partial charge < -0.3 is 0 Å². The zero-order chi connectivity index (χ0) is 9.35. The van der Waals surface area contributed by atoms with Gasteiger partial charge in [0.1, 0.15) is 5.37 Å². The lowest BCUT2D eigenvalue weighted by Gasteiger charge is -2.01. The summed E-state index contributed by atoms with van der Waals surface area (Å²) >= 11 is 0. The van der Waals surface area contributed by atoms with Crippen molar-refractivity contribution >= 4 is 10.0 Å². The van der Waals surface area contributed by atoms with E-state index in [9.17, 15) is 8.42 Å². The maximum atomic E-state index is 11.3. The summed E-state index contributed by atoms with van der Waals surface area (Å²) in [5, 5.41) is -0.162. The van der Waals surface area contributed by atoms with E-state index in [1.807, 2.05) is 20.8 Å². The number of hydrogen-bond donors (Lipinski definition) is 0. The Labute approximate surface area is 74.8 Å². The number of rotatable bonds is 4. The van der Waals surface area contributed by atoms with Gasteiger partial charge in [-0.15, -0.1) is 0 Å². The van der Waals surface area contributed by atoms with E-state index in [1.165, 1.54) is 0 Å². The van der Waals surface area contributed by atoms with Crippen molar-refractivity contribution in [1.29, 1.82) is 0 Å². The second-order valence-corrected chi connectivity index (χ2v) is 5.79. The molecule has 1 heterocycles. The molecular weight excluding hydrogens is 174 g/mol. The van der Waals surface area contributed by atoms with E-state index in [-0.39, 0.29) is 5.37 Å². The zero-order valence-corrected chi connectivity index (χ0v) is 8.76. The molecule has 1 rings (SSSR count). The predicted molar refractivity (Wildman–Crippen MR) is 49.2 cm³/mol. The molecule has 0 N–H and O–H groups in total. The van der Waals surface area contributed by atoms with Crippen LogP contribution in [0.25, 0.3) is 0 Å². The number of hydrogen-bond acceptors (Lipinski definition) is 2. The fourth-order valence-electron chi connectivity index (χ4n) is 1.41. The first-order chi connectivity index (χ1) is 5.50. The lowest BCUT2D eigenvalue weighted by Crippen LogP contribution is -2.10. The summed E-state index contributed by atoms with van der Waals surface area (Å²) in [5.74, 6) is 0.432. The lowest BCUT2D eigenvalue weighted by atomic mass is 10.2. The fraction of sp³-hybridized carbons (Fsp3) is 1.00. The Morgan fingerprint density at radius 2 is 2.00 bits per heavy atom. The molecule has 0 aromatic heterocycles. The van der Waals surface area contributed by atoms with Gasteiger partial charge in [-0.3, -0.25) is 0 Å². The van der Waals surface area contributed by atoms with Gasteiger partial charge in [0.25, 0.3) is 0 Å². The zero-order valence-electron chi connectivity index (χ0n) is 7.95. The van der Waals surface area contributed by atoms with Crippen molar-refractivity contribution in [2.75, 3.05) is 6.54 Å². The van der Waals surface area contributed by atoms with Gasteiger partial charge in [0.15, 0.2) is 0 Å². The molecule has 2 atom stereocenters. The van der Waals surface area contributed by atoms with Gasteiger partial charge in [0, 0.05) is 6.54 Å². The molecule has 0 radical (unpaired) electrons. The Balaban J connectivity index is 2.49. The van der Waals surface area contributed by atoms with Gasteiger partial charge in [0.2, 0.25) is 10.0 Å². The van der Waals surface area contributed by atoms with Crippen molar-refractivity contribution in [3.8, 4) is 0 Å². The summed E-state index contributed by atoms with van der Waals surface area (Å²) in [6.45, 7) is 6.78. The second-order valence-electron chi connectivity index (χ2n) is 3.75. The summed E-state index contributed by atoms with van der Waals surface area (Å²) in [5.41, 5.74) is 0. The van der Waals surface area contributed by atoms with Crippen LogP contribution in [0.1, 0.15) is 33.6 Å². The molecule has 72 valence electrons. The average Bonchev–Trinajstić information content (AvgIpc) is 2.39. The summed E-state index contributed by atoms with van der Waals surface area (Å²) < 4.78 is 24.1. The average molecular weight is 191 g/mol. The first-order valence-corrected chi connectivity index (χ1v) is 6.01. The highest BCUT2D eigenvalue weighted by Gasteiger charge is 2.53. The van der Waals surface area contributed by atoms with E-state index < -0.39 is 10.0 Å². The molecule has 0 aromatic rings. The van der Waals surface area contributed by atoms with E-state index in [4.69, 9.17) is 0 Å². The molecule has 1 fully saturated rings. The molecule has 2 unspecified atom stereocenters. The van der Waals surface area contributed by atoms with Gasteiger partial charge in [0.05, 0.1) is 0 Å². The third-order valence-corrected chi connectivity index (χ3v) is 4.05. The van der Waals surface area contributed by atoms with Crippen molar-refractivity contribution < 1.29 is 8.42 Å². The molecule has 12 heavy (non-hydrogen) atoms. The minimum Gasteiger partial charge on any atom is -0.210 e. The third kappa shape index (κ3) is 1.80. The van der Waals surface area contributed by atoms with E-state index in [1.54, 1.807) is 4.31 Å². The van der Waals surface area contributed by atoms with Crippen LogP contribution in [0.2, 0.25) is 0 Å². The minimum atomic E-state index is -2.82. The minimum absolute atomic E-state index is 0.162.